The van der Waals surface area contributed by atoms with Crippen molar-refractivity contribution >= 4 is 17.5 Å². The minimum atomic E-state index is -0.637. The third-order valence-electron chi connectivity index (χ3n) is 3.84. The van der Waals surface area contributed by atoms with Crippen molar-refractivity contribution in [2.24, 2.45) is 0 Å². The standard InChI is InChI=1S/C17H17ClN2O3/c1-2-23-17-13(18)7-11(9-19-17)16(22)20-15-12-6-4-3-5-10(12)8-14(15)21/h3-7,9,14-15,21H,2,8H2,1H3,(H,20,22). The predicted octanol–water partition coefficient (Wildman–Crippen LogP) is 2.52. The first-order valence-corrected chi connectivity index (χ1v) is 7.83. The maximum Gasteiger partial charge on any atom is 0.253 e. The smallest absolute Gasteiger partial charge is 0.253 e. The lowest BCUT2D eigenvalue weighted by atomic mass is 10.1. The molecule has 0 spiro atoms. The fraction of sp³-hybridized carbons (Fsp3) is 0.294. The zero-order valence-electron chi connectivity index (χ0n) is 12.6. The maximum absolute atomic E-state index is 12.4. The third-order valence-corrected chi connectivity index (χ3v) is 4.11. The highest BCUT2D eigenvalue weighted by Crippen LogP contribution is 2.31. The molecule has 0 aliphatic heterocycles. The van der Waals surface area contributed by atoms with E-state index in [0.29, 0.717) is 24.5 Å². The quantitative estimate of drug-likeness (QED) is 0.902. The number of fused-ring (bicyclic) bond motifs is 1. The van der Waals surface area contributed by atoms with Gasteiger partial charge in [0.25, 0.3) is 5.91 Å². The molecule has 1 aliphatic carbocycles. The van der Waals surface area contributed by atoms with Crippen LogP contribution < -0.4 is 10.1 Å². The van der Waals surface area contributed by atoms with Crippen LogP contribution in [0.5, 0.6) is 5.88 Å². The van der Waals surface area contributed by atoms with E-state index < -0.39 is 12.1 Å². The van der Waals surface area contributed by atoms with Crippen molar-refractivity contribution < 1.29 is 14.6 Å². The normalized spacial score (nSPS) is 19.3. The second kappa shape index (κ2) is 6.56. The summed E-state index contributed by atoms with van der Waals surface area (Å²) in [6.45, 7) is 2.28. The molecule has 1 aliphatic rings. The SMILES string of the molecule is CCOc1ncc(C(=O)NC2c3ccccc3CC2O)cc1Cl. The molecule has 120 valence electrons. The average Bonchev–Trinajstić information content (AvgIpc) is 2.85. The van der Waals surface area contributed by atoms with Crippen LogP contribution in [-0.2, 0) is 6.42 Å². The monoisotopic (exact) mass is 332 g/mol. The van der Waals surface area contributed by atoms with Crippen LogP contribution in [0.25, 0.3) is 0 Å². The number of carbonyl (C=O) groups excluding carboxylic acids is 1. The van der Waals surface area contributed by atoms with Crippen molar-refractivity contribution in [1.29, 1.82) is 0 Å². The number of aliphatic hydroxyl groups is 1. The summed E-state index contributed by atoms with van der Waals surface area (Å²) in [5.41, 5.74) is 2.32. The molecule has 0 bridgehead atoms. The van der Waals surface area contributed by atoms with Crippen molar-refractivity contribution in [2.45, 2.75) is 25.5 Å². The van der Waals surface area contributed by atoms with Gasteiger partial charge in [0.2, 0.25) is 5.88 Å². The molecule has 2 aromatic rings. The highest BCUT2D eigenvalue weighted by Gasteiger charge is 2.32. The number of aromatic nitrogens is 1. The largest absolute Gasteiger partial charge is 0.477 e. The molecule has 1 aromatic heterocycles. The maximum atomic E-state index is 12.4. The van der Waals surface area contributed by atoms with E-state index in [4.69, 9.17) is 16.3 Å². The van der Waals surface area contributed by atoms with Gasteiger partial charge in [0.1, 0.15) is 5.02 Å². The second-order valence-corrected chi connectivity index (χ2v) is 5.77. The van der Waals surface area contributed by atoms with Gasteiger partial charge in [-0.05, 0) is 24.1 Å². The summed E-state index contributed by atoms with van der Waals surface area (Å²) >= 11 is 6.06. The van der Waals surface area contributed by atoms with Crippen LogP contribution in [0.3, 0.4) is 0 Å². The summed E-state index contributed by atoms with van der Waals surface area (Å²) in [5.74, 6) is -0.0276. The molecule has 0 radical (unpaired) electrons. The van der Waals surface area contributed by atoms with E-state index in [1.165, 1.54) is 12.3 Å². The molecule has 23 heavy (non-hydrogen) atoms. The van der Waals surface area contributed by atoms with Crippen molar-refractivity contribution in [3.63, 3.8) is 0 Å². The Morgan fingerprint density at radius 1 is 1.48 bits per heavy atom. The second-order valence-electron chi connectivity index (χ2n) is 5.37. The van der Waals surface area contributed by atoms with Crippen LogP contribution in [0, 0.1) is 0 Å². The van der Waals surface area contributed by atoms with E-state index in [9.17, 15) is 9.90 Å². The highest BCUT2D eigenvalue weighted by atomic mass is 35.5. The Hall–Kier alpha value is -2.11. The number of nitrogens with zero attached hydrogens (tertiary/aromatic N) is 1. The van der Waals surface area contributed by atoms with Crippen LogP contribution in [0.4, 0.5) is 0 Å². The molecular formula is C17H17ClN2O3. The zero-order chi connectivity index (χ0) is 16.4. The zero-order valence-corrected chi connectivity index (χ0v) is 13.4. The Morgan fingerprint density at radius 3 is 3.00 bits per heavy atom. The van der Waals surface area contributed by atoms with Gasteiger partial charge < -0.3 is 15.2 Å². The Balaban J connectivity index is 1.78. The lowest BCUT2D eigenvalue weighted by Crippen LogP contribution is -2.33. The molecule has 1 heterocycles. The number of rotatable bonds is 4. The van der Waals surface area contributed by atoms with E-state index >= 15 is 0 Å². The van der Waals surface area contributed by atoms with E-state index in [0.717, 1.165) is 11.1 Å². The first kappa shape index (κ1) is 15.8. The van der Waals surface area contributed by atoms with E-state index in [2.05, 4.69) is 10.3 Å². The van der Waals surface area contributed by atoms with Crippen molar-refractivity contribution in [3.8, 4) is 5.88 Å². The summed E-state index contributed by atoms with van der Waals surface area (Å²) in [5, 5.41) is 13.3. The molecule has 1 amide bonds. The van der Waals surface area contributed by atoms with Crippen LogP contribution in [0.1, 0.15) is 34.5 Å². The van der Waals surface area contributed by atoms with Gasteiger partial charge in [0.05, 0.1) is 24.3 Å². The van der Waals surface area contributed by atoms with Gasteiger partial charge in [-0.1, -0.05) is 35.9 Å². The van der Waals surface area contributed by atoms with E-state index in [-0.39, 0.29) is 10.9 Å². The molecular weight excluding hydrogens is 316 g/mol. The summed E-state index contributed by atoms with van der Waals surface area (Å²) < 4.78 is 5.25. The summed E-state index contributed by atoms with van der Waals surface area (Å²) in [7, 11) is 0. The fourth-order valence-corrected chi connectivity index (χ4v) is 2.99. The topological polar surface area (TPSA) is 71.5 Å². The highest BCUT2D eigenvalue weighted by molar-refractivity contribution is 6.32. The van der Waals surface area contributed by atoms with Gasteiger partial charge in [0.15, 0.2) is 0 Å². The number of hydrogen-bond donors (Lipinski definition) is 2. The van der Waals surface area contributed by atoms with Gasteiger partial charge in [0, 0.05) is 12.6 Å². The Labute approximate surface area is 139 Å². The molecule has 2 N–H and O–H groups in total. The van der Waals surface area contributed by atoms with Crippen molar-refractivity contribution in [2.75, 3.05) is 6.61 Å². The number of benzene rings is 1. The van der Waals surface area contributed by atoms with E-state index in [1.807, 2.05) is 31.2 Å². The molecule has 3 rings (SSSR count). The Bertz CT molecular complexity index is 736. The summed E-state index contributed by atoms with van der Waals surface area (Å²) in [6, 6.07) is 8.78. The first-order chi connectivity index (χ1) is 11.1. The molecule has 0 saturated heterocycles. The lowest BCUT2D eigenvalue weighted by molar-refractivity contribution is 0.0857. The molecule has 6 heteroatoms. The first-order valence-electron chi connectivity index (χ1n) is 7.45. The van der Waals surface area contributed by atoms with Crippen LogP contribution in [0.15, 0.2) is 36.5 Å². The number of pyridine rings is 1. The minimum absolute atomic E-state index is 0.284. The molecule has 1 aromatic carbocycles. The lowest BCUT2D eigenvalue weighted by Gasteiger charge is -2.18. The number of halogens is 1. The summed E-state index contributed by atoms with van der Waals surface area (Å²) in [6.07, 6.45) is 1.31. The fourth-order valence-electron chi connectivity index (χ4n) is 2.76. The molecule has 5 nitrogen and oxygen atoms in total. The number of hydrogen-bond acceptors (Lipinski definition) is 4. The Kier molecular flexibility index (Phi) is 4.50. The van der Waals surface area contributed by atoms with Gasteiger partial charge >= 0.3 is 0 Å². The molecule has 0 saturated carbocycles. The molecule has 2 atom stereocenters. The van der Waals surface area contributed by atoms with Gasteiger partial charge in [-0.15, -0.1) is 0 Å². The number of amides is 1. The number of carbonyl (C=O) groups is 1. The average molecular weight is 333 g/mol. The van der Waals surface area contributed by atoms with E-state index in [1.54, 1.807) is 0 Å². The Morgan fingerprint density at radius 2 is 2.26 bits per heavy atom. The van der Waals surface area contributed by atoms with Crippen molar-refractivity contribution in [3.05, 3.63) is 58.2 Å². The number of aliphatic hydroxyl groups excluding tert-OH is 1. The minimum Gasteiger partial charge on any atom is -0.477 e. The summed E-state index contributed by atoms with van der Waals surface area (Å²) in [4.78, 5) is 16.5. The molecule has 2 unspecified atom stereocenters. The molecule has 0 fully saturated rings. The van der Waals surface area contributed by atoms with Gasteiger partial charge in [-0.25, -0.2) is 4.98 Å². The van der Waals surface area contributed by atoms with Crippen LogP contribution in [-0.4, -0.2) is 28.7 Å². The van der Waals surface area contributed by atoms with Crippen LogP contribution in [0.2, 0.25) is 5.02 Å². The third kappa shape index (κ3) is 3.16. The number of nitrogens with one attached hydrogen (secondary N) is 1. The van der Waals surface area contributed by atoms with Crippen LogP contribution >= 0.6 is 11.6 Å². The number of ether oxygens (including phenoxy) is 1. The van der Waals surface area contributed by atoms with Crippen molar-refractivity contribution in [1.82, 2.24) is 10.3 Å². The van der Waals surface area contributed by atoms with Gasteiger partial charge in [-0.3, -0.25) is 4.79 Å². The van der Waals surface area contributed by atoms with Gasteiger partial charge in [-0.2, -0.15) is 0 Å². The predicted molar refractivity (Wildman–Crippen MR) is 86.8 cm³/mol.